The summed E-state index contributed by atoms with van der Waals surface area (Å²) in [6, 6.07) is 0.0217. The van der Waals surface area contributed by atoms with E-state index in [9.17, 15) is 10.1 Å². The van der Waals surface area contributed by atoms with Gasteiger partial charge in [-0.25, -0.2) is 9.97 Å². The van der Waals surface area contributed by atoms with Gasteiger partial charge in [-0.15, -0.1) is 0 Å². The van der Waals surface area contributed by atoms with E-state index in [1.165, 1.54) is 6.33 Å². The van der Waals surface area contributed by atoms with Gasteiger partial charge in [0.25, 0.3) is 0 Å². The van der Waals surface area contributed by atoms with Gasteiger partial charge in [0.2, 0.25) is 11.0 Å². The standard InChI is InChI=1S/C9H11ClN4O3/c1-6-4-17-3-2-13(6)9-7(14(15)16)8(10)11-5-12-9/h5-6H,2-4H2,1H3/t6-/m0/s1. The van der Waals surface area contributed by atoms with Gasteiger partial charge in [0.05, 0.1) is 24.2 Å². The smallest absolute Gasteiger partial charge is 0.348 e. The zero-order valence-corrected chi connectivity index (χ0v) is 9.92. The van der Waals surface area contributed by atoms with Gasteiger partial charge in [-0.1, -0.05) is 11.6 Å². The quantitative estimate of drug-likeness (QED) is 0.451. The fraction of sp³-hybridized carbons (Fsp3) is 0.556. The number of nitro groups is 1. The molecule has 0 unspecified atom stereocenters. The Balaban J connectivity index is 2.43. The van der Waals surface area contributed by atoms with E-state index in [1.807, 2.05) is 11.8 Å². The number of rotatable bonds is 2. The fourth-order valence-corrected chi connectivity index (χ4v) is 1.95. The molecule has 0 aliphatic carbocycles. The van der Waals surface area contributed by atoms with Gasteiger partial charge in [-0.3, -0.25) is 10.1 Å². The third-order valence-electron chi connectivity index (χ3n) is 2.58. The van der Waals surface area contributed by atoms with Crippen molar-refractivity contribution in [3.63, 3.8) is 0 Å². The summed E-state index contributed by atoms with van der Waals surface area (Å²) in [5.41, 5.74) is -0.247. The summed E-state index contributed by atoms with van der Waals surface area (Å²) in [6.45, 7) is 3.50. The number of halogens is 1. The van der Waals surface area contributed by atoms with Crippen LogP contribution in [0.3, 0.4) is 0 Å². The van der Waals surface area contributed by atoms with Crippen molar-refractivity contribution in [2.45, 2.75) is 13.0 Å². The first-order chi connectivity index (χ1) is 8.11. The Labute approximate surface area is 103 Å². The summed E-state index contributed by atoms with van der Waals surface area (Å²) in [6.07, 6.45) is 1.23. The maximum Gasteiger partial charge on any atom is 0.348 e. The molecule has 1 atom stereocenters. The topological polar surface area (TPSA) is 81.4 Å². The lowest BCUT2D eigenvalue weighted by atomic mass is 10.2. The average Bonchev–Trinajstić information content (AvgIpc) is 2.28. The molecule has 1 fully saturated rings. The van der Waals surface area contributed by atoms with Gasteiger partial charge in [0.15, 0.2) is 0 Å². The highest BCUT2D eigenvalue weighted by Crippen LogP contribution is 2.32. The maximum absolute atomic E-state index is 11.0. The first-order valence-corrected chi connectivity index (χ1v) is 5.48. The van der Waals surface area contributed by atoms with Crippen molar-refractivity contribution in [2.75, 3.05) is 24.7 Å². The molecule has 0 N–H and O–H groups in total. The van der Waals surface area contributed by atoms with Crippen molar-refractivity contribution < 1.29 is 9.66 Å². The molecular weight excluding hydrogens is 248 g/mol. The Hall–Kier alpha value is -1.47. The van der Waals surface area contributed by atoms with E-state index < -0.39 is 4.92 Å². The minimum Gasteiger partial charge on any atom is -0.377 e. The highest BCUT2D eigenvalue weighted by Gasteiger charge is 2.30. The summed E-state index contributed by atoms with van der Waals surface area (Å²) < 4.78 is 5.28. The minimum absolute atomic E-state index is 0.0217. The molecule has 8 heteroatoms. The van der Waals surface area contributed by atoms with Crippen molar-refractivity contribution >= 4 is 23.1 Å². The van der Waals surface area contributed by atoms with Crippen molar-refractivity contribution in [2.24, 2.45) is 0 Å². The first-order valence-electron chi connectivity index (χ1n) is 5.10. The fourth-order valence-electron chi connectivity index (χ4n) is 1.76. The predicted octanol–water partition coefficient (Wildman–Crippen LogP) is 1.26. The third kappa shape index (κ3) is 2.29. The number of aromatic nitrogens is 2. The number of anilines is 1. The summed E-state index contributed by atoms with van der Waals surface area (Å²) in [4.78, 5) is 19.8. The van der Waals surface area contributed by atoms with E-state index in [1.54, 1.807) is 0 Å². The molecule has 7 nitrogen and oxygen atoms in total. The molecule has 2 rings (SSSR count). The van der Waals surface area contributed by atoms with Gasteiger partial charge in [0, 0.05) is 6.54 Å². The van der Waals surface area contributed by atoms with E-state index in [4.69, 9.17) is 16.3 Å². The van der Waals surface area contributed by atoms with Crippen LogP contribution in [0.25, 0.3) is 0 Å². The van der Waals surface area contributed by atoms with Crippen LogP contribution in [0.5, 0.6) is 0 Å². The Morgan fingerprint density at radius 1 is 1.65 bits per heavy atom. The SMILES string of the molecule is C[C@H]1COCCN1c1ncnc(Cl)c1[N+](=O)[O-]. The molecule has 0 amide bonds. The number of nitrogens with zero attached hydrogens (tertiary/aromatic N) is 4. The van der Waals surface area contributed by atoms with Crippen LogP contribution in [-0.4, -0.2) is 40.7 Å². The normalized spacial score (nSPS) is 20.4. The number of hydrogen-bond acceptors (Lipinski definition) is 6. The second-order valence-electron chi connectivity index (χ2n) is 3.71. The lowest BCUT2D eigenvalue weighted by Crippen LogP contribution is -2.44. The van der Waals surface area contributed by atoms with Gasteiger partial charge in [-0.2, -0.15) is 0 Å². The van der Waals surface area contributed by atoms with E-state index in [-0.39, 0.29) is 22.7 Å². The summed E-state index contributed by atoms with van der Waals surface area (Å²) in [5, 5.41) is 10.8. The molecule has 1 aliphatic heterocycles. The van der Waals surface area contributed by atoms with Crippen LogP contribution in [-0.2, 0) is 4.74 Å². The first kappa shape index (κ1) is 12.0. The van der Waals surface area contributed by atoms with Crippen molar-refractivity contribution in [1.29, 1.82) is 0 Å². The minimum atomic E-state index is -0.556. The summed E-state index contributed by atoms with van der Waals surface area (Å²) in [5.74, 6) is 0.255. The van der Waals surface area contributed by atoms with Crippen LogP contribution in [0.15, 0.2) is 6.33 Å². The molecule has 1 aliphatic rings. The van der Waals surface area contributed by atoms with Crippen LogP contribution >= 0.6 is 11.6 Å². The van der Waals surface area contributed by atoms with Gasteiger partial charge < -0.3 is 9.64 Å². The van der Waals surface area contributed by atoms with Crippen LogP contribution in [0.2, 0.25) is 5.15 Å². The Kier molecular flexibility index (Phi) is 3.39. The van der Waals surface area contributed by atoms with E-state index in [0.29, 0.717) is 19.8 Å². The largest absolute Gasteiger partial charge is 0.377 e. The second kappa shape index (κ2) is 4.80. The number of ether oxygens (including phenoxy) is 1. The van der Waals surface area contributed by atoms with Crippen LogP contribution in [0.4, 0.5) is 11.5 Å². The summed E-state index contributed by atoms with van der Waals surface area (Å²) in [7, 11) is 0. The lowest BCUT2D eigenvalue weighted by Gasteiger charge is -2.33. The molecule has 0 bridgehead atoms. The molecule has 1 aromatic rings. The molecule has 1 saturated heterocycles. The van der Waals surface area contributed by atoms with E-state index in [0.717, 1.165) is 0 Å². The summed E-state index contributed by atoms with van der Waals surface area (Å²) >= 11 is 5.74. The Morgan fingerprint density at radius 3 is 3.06 bits per heavy atom. The highest BCUT2D eigenvalue weighted by molar-refractivity contribution is 6.31. The maximum atomic E-state index is 11.0. The monoisotopic (exact) mass is 258 g/mol. The molecule has 2 heterocycles. The van der Waals surface area contributed by atoms with Crippen LogP contribution < -0.4 is 4.90 Å². The van der Waals surface area contributed by atoms with Crippen LogP contribution in [0, 0.1) is 10.1 Å². The molecule has 1 aromatic heterocycles. The molecule has 0 radical (unpaired) electrons. The predicted molar refractivity (Wildman–Crippen MR) is 61.3 cm³/mol. The zero-order chi connectivity index (χ0) is 12.4. The van der Waals surface area contributed by atoms with E-state index >= 15 is 0 Å². The average molecular weight is 259 g/mol. The molecule has 0 saturated carbocycles. The lowest BCUT2D eigenvalue weighted by molar-refractivity contribution is -0.384. The molecule has 0 aromatic carbocycles. The number of hydrogen-bond donors (Lipinski definition) is 0. The Bertz CT molecular complexity index is 442. The van der Waals surface area contributed by atoms with Gasteiger partial charge in [0.1, 0.15) is 6.33 Å². The van der Waals surface area contributed by atoms with E-state index in [2.05, 4.69) is 9.97 Å². The molecule has 17 heavy (non-hydrogen) atoms. The zero-order valence-electron chi connectivity index (χ0n) is 9.17. The van der Waals surface area contributed by atoms with Crippen molar-refractivity contribution in [1.82, 2.24) is 9.97 Å². The third-order valence-corrected chi connectivity index (χ3v) is 2.86. The molecular formula is C9H11ClN4O3. The van der Waals surface area contributed by atoms with Gasteiger partial charge in [-0.05, 0) is 6.92 Å². The molecule has 92 valence electrons. The van der Waals surface area contributed by atoms with Crippen molar-refractivity contribution in [3.05, 3.63) is 21.6 Å². The Morgan fingerprint density at radius 2 is 2.41 bits per heavy atom. The van der Waals surface area contributed by atoms with Crippen molar-refractivity contribution in [3.8, 4) is 0 Å². The van der Waals surface area contributed by atoms with Crippen LogP contribution in [0.1, 0.15) is 6.92 Å². The molecule has 0 spiro atoms. The highest BCUT2D eigenvalue weighted by atomic mass is 35.5. The second-order valence-corrected chi connectivity index (χ2v) is 4.07. The number of morpholine rings is 1. The van der Waals surface area contributed by atoms with Gasteiger partial charge >= 0.3 is 5.69 Å².